The van der Waals surface area contributed by atoms with Crippen LogP contribution < -0.4 is 4.90 Å². The van der Waals surface area contributed by atoms with E-state index in [0.29, 0.717) is 15.1 Å². The number of carbonyl (C=O) groups excluding carboxylic acids is 2. The van der Waals surface area contributed by atoms with Crippen molar-refractivity contribution in [3.8, 4) is 0 Å². The van der Waals surface area contributed by atoms with E-state index in [1.807, 2.05) is 31.2 Å². The van der Waals surface area contributed by atoms with Gasteiger partial charge in [-0.3, -0.25) is 24.6 Å². The van der Waals surface area contributed by atoms with Crippen molar-refractivity contribution in [2.45, 2.75) is 23.1 Å². The number of non-ortho nitro benzene ring substituents is 1. The maximum Gasteiger partial charge on any atom is 0.301 e. The molecule has 3 aromatic carbocycles. The number of aromatic nitrogens is 2. The minimum atomic E-state index is -1.16. The van der Waals surface area contributed by atoms with E-state index < -0.39 is 28.4 Å². The van der Waals surface area contributed by atoms with Crippen molar-refractivity contribution in [1.82, 2.24) is 10.2 Å². The van der Waals surface area contributed by atoms with Gasteiger partial charge < -0.3 is 5.11 Å². The fourth-order valence-corrected chi connectivity index (χ4v) is 6.05. The normalized spacial score (nSPS) is 16.6. The number of carbonyl (C=O) groups is 2. The maximum atomic E-state index is 13.3. The maximum absolute atomic E-state index is 13.3. The summed E-state index contributed by atoms with van der Waals surface area (Å²) < 4.78 is 0.572. The van der Waals surface area contributed by atoms with E-state index in [-0.39, 0.29) is 27.5 Å². The standard InChI is InChI=1S/C27H19ClN4O5S2/c1-15-5-7-16(8-6-15)14-38-27-30-29-26(39-27)31-22(18-3-2-4-20(13-18)32(36)37)21(24(34)25(31)35)23(33)17-9-11-19(28)12-10-17/h2-13,22,33H,14H2,1H3/b23-21-. The SMILES string of the molecule is Cc1ccc(CSc2nnc(N3C(=O)C(=O)/C(=C(\O)c4ccc(Cl)cc4)C3c3cccc([N+](=O)[O-])c3)s2)cc1. The van der Waals surface area contributed by atoms with Gasteiger partial charge in [0.1, 0.15) is 5.76 Å². The molecule has 0 saturated carbocycles. The Morgan fingerprint density at radius 1 is 1.10 bits per heavy atom. The zero-order valence-electron chi connectivity index (χ0n) is 20.3. The molecule has 5 rings (SSSR count). The van der Waals surface area contributed by atoms with Crippen LogP contribution >= 0.6 is 34.7 Å². The third kappa shape index (κ3) is 5.42. The molecule has 1 fully saturated rings. The number of rotatable bonds is 7. The molecule has 0 spiro atoms. The lowest BCUT2D eigenvalue weighted by Gasteiger charge is -2.22. The first-order valence-electron chi connectivity index (χ1n) is 11.6. The number of anilines is 1. The Balaban J connectivity index is 1.56. The van der Waals surface area contributed by atoms with Crippen LogP contribution in [0.2, 0.25) is 5.02 Å². The summed E-state index contributed by atoms with van der Waals surface area (Å²) in [5.74, 6) is -1.67. The summed E-state index contributed by atoms with van der Waals surface area (Å²) in [4.78, 5) is 38.7. The summed E-state index contributed by atoms with van der Waals surface area (Å²) in [6, 6.07) is 18.6. The predicted octanol–water partition coefficient (Wildman–Crippen LogP) is 6.33. The van der Waals surface area contributed by atoms with E-state index in [2.05, 4.69) is 10.2 Å². The van der Waals surface area contributed by atoms with Crippen LogP contribution in [0.25, 0.3) is 5.76 Å². The monoisotopic (exact) mass is 578 g/mol. The number of nitrogens with zero attached hydrogens (tertiary/aromatic N) is 4. The molecule has 1 aromatic heterocycles. The Morgan fingerprint density at radius 2 is 1.82 bits per heavy atom. The van der Waals surface area contributed by atoms with Gasteiger partial charge in [0.25, 0.3) is 11.5 Å². The molecule has 1 aliphatic heterocycles. The van der Waals surface area contributed by atoms with E-state index in [4.69, 9.17) is 11.6 Å². The van der Waals surface area contributed by atoms with Gasteiger partial charge in [-0.05, 0) is 42.3 Å². The topological polar surface area (TPSA) is 127 Å². The van der Waals surface area contributed by atoms with Crippen molar-refractivity contribution < 1.29 is 19.6 Å². The highest BCUT2D eigenvalue weighted by atomic mass is 35.5. The van der Waals surface area contributed by atoms with E-state index in [9.17, 15) is 24.8 Å². The highest BCUT2D eigenvalue weighted by Gasteiger charge is 2.48. The molecule has 1 unspecified atom stereocenters. The van der Waals surface area contributed by atoms with Crippen molar-refractivity contribution in [2.24, 2.45) is 0 Å². The van der Waals surface area contributed by atoms with E-state index in [0.717, 1.165) is 27.4 Å². The molecule has 196 valence electrons. The first kappa shape index (κ1) is 26.5. The zero-order chi connectivity index (χ0) is 27.7. The lowest BCUT2D eigenvalue weighted by Crippen LogP contribution is -2.29. The number of amides is 1. The van der Waals surface area contributed by atoms with Crippen LogP contribution in [-0.4, -0.2) is 31.9 Å². The minimum absolute atomic E-state index is 0.134. The van der Waals surface area contributed by atoms with Gasteiger partial charge in [0, 0.05) is 28.5 Å². The minimum Gasteiger partial charge on any atom is -0.507 e. The van der Waals surface area contributed by atoms with Crippen LogP contribution in [0.4, 0.5) is 10.8 Å². The molecule has 4 aromatic rings. The zero-order valence-corrected chi connectivity index (χ0v) is 22.7. The van der Waals surface area contributed by atoms with Gasteiger partial charge in [-0.2, -0.15) is 0 Å². The average Bonchev–Trinajstić information content (AvgIpc) is 3.50. The summed E-state index contributed by atoms with van der Waals surface area (Å²) in [5, 5.41) is 31.6. The lowest BCUT2D eigenvalue weighted by atomic mass is 9.95. The Hall–Kier alpha value is -4.06. The van der Waals surface area contributed by atoms with Crippen molar-refractivity contribution in [1.29, 1.82) is 0 Å². The number of ketones is 1. The van der Waals surface area contributed by atoms with Crippen LogP contribution in [0.1, 0.15) is 28.3 Å². The molecule has 1 N–H and O–H groups in total. The van der Waals surface area contributed by atoms with Gasteiger partial charge in [-0.25, -0.2) is 0 Å². The van der Waals surface area contributed by atoms with Crippen molar-refractivity contribution in [2.75, 3.05) is 4.90 Å². The number of hydrogen-bond donors (Lipinski definition) is 1. The number of hydrogen-bond acceptors (Lipinski definition) is 9. The van der Waals surface area contributed by atoms with Crippen LogP contribution in [0.15, 0.2) is 82.7 Å². The van der Waals surface area contributed by atoms with Gasteiger partial charge in [0.2, 0.25) is 5.13 Å². The first-order valence-corrected chi connectivity index (χ1v) is 13.7. The fourth-order valence-electron chi connectivity index (χ4n) is 4.10. The highest BCUT2D eigenvalue weighted by molar-refractivity contribution is 8.00. The summed E-state index contributed by atoms with van der Waals surface area (Å²) in [7, 11) is 0. The van der Waals surface area contributed by atoms with Crippen LogP contribution in [-0.2, 0) is 15.3 Å². The summed E-state index contributed by atoms with van der Waals surface area (Å²) in [6.45, 7) is 2.01. The molecular formula is C27H19ClN4O5S2. The summed E-state index contributed by atoms with van der Waals surface area (Å²) in [6.07, 6.45) is 0. The second-order valence-electron chi connectivity index (χ2n) is 8.65. The molecule has 1 saturated heterocycles. The molecule has 9 nitrogen and oxygen atoms in total. The summed E-state index contributed by atoms with van der Waals surface area (Å²) >= 11 is 8.52. The number of benzene rings is 3. The molecule has 39 heavy (non-hydrogen) atoms. The number of nitro benzene ring substituents is 1. The molecule has 12 heteroatoms. The van der Waals surface area contributed by atoms with Crippen LogP contribution in [0.3, 0.4) is 0 Å². The third-order valence-electron chi connectivity index (χ3n) is 6.04. The first-order chi connectivity index (χ1) is 18.7. The number of aliphatic hydroxyl groups excluding tert-OH is 1. The van der Waals surface area contributed by atoms with Crippen LogP contribution in [0, 0.1) is 17.0 Å². The van der Waals surface area contributed by atoms with Crippen LogP contribution in [0.5, 0.6) is 0 Å². The average molecular weight is 579 g/mol. The quantitative estimate of drug-likeness (QED) is 0.0513. The Morgan fingerprint density at radius 3 is 2.51 bits per heavy atom. The number of aryl methyl sites for hydroxylation is 1. The number of nitro groups is 1. The van der Waals surface area contributed by atoms with Gasteiger partial charge >= 0.3 is 5.91 Å². The highest BCUT2D eigenvalue weighted by Crippen LogP contribution is 2.44. The number of aliphatic hydroxyl groups is 1. The molecule has 1 atom stereocenters. The Labute approximate surface area is 235 Å². The van der Waals surface area contributed by atoms with Crippen molar-refractivity contribution >= 4 is 63.0 Å². The second-order valence-corrected chi connectivity index (χ2v) is 11.3. The molecule has 2 heterocycles. The number of halogens is 1. The largest absolute Gasteiger partial charge is 0.507 e. The third-order valence-corrected chi connectivity index (χ3v) is 8.42. The molecule has 1 amide bonds. The van der Waals surface area contributed by atoms with Crippen molar-refractivity contribution in [3.63, 3.8) is 0 Å². The second kappa shape index (κ2) is 11.0. The van der Waals surface area contributed by atoms with E-state index in [1.165, 1.54) is 54.2 Å². The molecule has 0 aliphatic carbocycles. The van der Waals surface area contributed by atoms with Crippen molar-refractivity contribution in [3.05, 3.63) is 116 Å². The molecule has 0 bridgehead atoms. The smallest absolute Gasteiger partial charge is 0.301 e. The number of Topliss-reactive ketones (excluding diaryl/α,β-unsaturated/α-hetero) is 1. The fraction of sp³-hybridized carbons (Fsp3) is 0.111. The summed E-state index contributed by atoms with van der Waals surface area (Å²) in [5.41, 5.74) is 2.32. The van der Waals surface area contributed by atoms with Gasteiger partial charge in [0.05, 0.1) is 16.5 Å². The molecule has 1 aliphatic rings. The molecule has 0 radical (unpaired) electrons. The van der Waals surface area contributed by atoms with Gasteiger partial charge in [0.15, 0.2) is 4.34 Å². The van der Waals surface area contributed by atoms with Gasteiger partial charge in [-0.15, -0.1) is 10.2 Å². The van der Waals surface area contributed by atoms with E-state index >= 15 is 0 Å². The predicted molar refractivity (Wildman–Crippen MR) is 150 cm³/mol. The van der Waals surface area contributed by atoms with E-state index in [1.54, 1.807) is 6.07 Å². The number of thioether (sulfide) groups is 1. The Kier molecular flexibility index (Phi) is 7.47. The molecular weight excluding hydrogens is 560 g/mol. The lowest BCUT2D eigenvalue weighted by molar-refractivity contribution is -0.384. The van der Waals surface area contributed by atoms with Gasteiger partial charge in [-0.1, -0.05) is 76.7 Å². The Bertz CT molecular complexity index is 1620.